The molecule has 0 saturated heterocycles. The number of carbonyl (C=O) groups is 9. The zero-order chi connectivity index (χ0) is 105. The van der Waals surface area contributed by atoms with Gasteiger partial charge in [0.25, 0.3) is 93.7 Å². The maximum Gasteiger partial charge on any atom is 0.304 e. The summed E-state index contributed by atoms with van der Waals surface area (Å²) in [5.41, 5.74) is 6.01. The number of aryl methyl sites for hydroxylation is 1. The fourth-order valence-electron chi connectivity index (χ4n) is 10.1. The zero-order valence-electron chi connectivity index (χ0n) is 75.3. The number of carbonyl (C=O) groups excluding carboxylic acids is 9. The van der Waals surface area contributed by atoms with Gasteiger partial charge in [-0.1, -0.05) is 181 Å². The average molecular weight is 2030 g/mol. The number of hydrogen-bond donors (Lipinski definition) is 9. The molecular weight excluding hydrogens is 1940 g/mol. The molecule has 732 valence electrons. The van der Waals surface area contributed by atoms with Crippen LogP contribution in [-0.4, -0.2) is 130 Å². The van der Waals surface area contributed by atoms with Gasteiger partial charge in [-0.05, 0) is 128 Å². The van der Waals surface area contributed by atoms with Crippen molar-refractivity contribution in [1.82, 2.24) is 52.8 Å². The van der Waals surface area contributed by atoms with Crippen molar-refractivity contribution in [3.8, 4) is 0 Å². The fourth-order valence-corrected chi connectivity index (χ4v) is 10.8. The van der Waals surface area contributed by atoms with Crippen LogP contribution in [0.15, 0.2) is 170 Å². The Morgan fingerprint density at radius 2 is 0.671 bits per heavy atom. The van der Waals surface area contributed by atoms with Crippen molar-refractivity contribution >= 4 is 111 Å². The Morgan fingerprint density at radius 3 is 1.07 bits per heavy atom. The SMILES string of the molecule is [C-]#[N+]C(C(=O)N[C@H](C)c1ccccc1)C(C)C.[C-]#[N+]CC(=O)NCCc1ccc(Cl)cc1.[C-]#[N+]CC(=O)NCCc1ccc(Cl)cc1.[C-]#[N+]CC(=O)NCc1c(F)c(F)c(F)c(F)c1F.[C-]#[N+]CC(=O)NCc1cc(F)c(F)c(F)c1F.[C-]#[N+]CC(=O)NCc1ccc(C)cc1.[C-]#[N+]CC(=O)NCc1ccc(Cl)cc1F.[C-]#[N+]CC(=O)NCc1ccc(Cl)nc1.[C-]#[N+]CC(=O)N[C@H](C)c1ccc(Cl)cc1. The Kier molecular flexibility index (Phi) is 61.2. The van der Waals surface area contributed by atoms with Gasteiger partial charge in [0.05, 0.1) is 12.1 Å². The van der Waals surface area contributed by atoms with Gasteiger partial charge in [-0.3, -0.25) is 43.2 Å². The molecule has 9 amide bonds. The highest BCUT2D eigenvalue weighted by Crippen LogP contribution is 2.25. The first kappa shape index (κ1) is 122. The summed E-state index contributed by atoms with van der Waals surface area (Å²) >= 11 is 28.4. The molecule has 0 aliphatic carbocycles. The van der Waals surface area contributed by atoms with Crippen LogP contribution in [-0.2, 0) is 88.7 Å². The molecule has 0 bridgehead atoms. The number of amides is 9. The van der Waals surface area contributed by atoms with Crippen LogP contribution in [0, 0.1) is 130 Å². The molecule has 0 radical (unpaired) electrons. The number of benzene rings is 8. The van der Waals surface area contributed by atoms with Crippen LogP contribution < -0.4 is 47.9 Å². The van der Waals surface area contributed by atoms with Gasteiger partial charge < -0.3 is 91.5 Å². The molecule has 0 spiro atoms. The van der Waals surface area contributed by atoms with Gasteiger partial charge >= 0.3 is 17.9 Å². The lowest BCUT2D eigenvalue weighted by Crippen LogP contribution is -2.37. The standard InChI is InChI=1S/C14H18N2O.3C11H11ClN2O.C11H12N2O.C10H8ClFN2O.C10H5F5N2O.C10H6F4N2O.C9H8ClN3O/c1-10(2)13(15-4)14(17)16-11(3)12-8-6-5-7-9-12;1-8(14-11(15)7-13-2)9-3-5-10(12)6-4-9;2*1-13-8-11(15)14-7-6-9-2-4-10(12)5-3-9;1-9-3-5-10(6-4-9)7-13-11(14)8-12-2;1-13-6-10(15)14-5-7-2-3-8(11)4-9(7)12;1-16-3-5(18)17-2-4-6(11)8(13)10(15)9(14)7(4)12;1-15-4-7(17)16-3-5-2-6(11)9(13)10(14)8(5)12;1-11-6-9(14)13-5-7-2-3-8(10)12-4-7/h5-11,13H,1-3H3,(H,16,17);3-6,8H,7H2,1H3,(H,14,15);2*2-5H,6-8H2,(H,14,15);3-6H,7-8H2,1H3,(H,13,14);2-4H,5-6H2,(H,14,15);2-3H2,(H,17,18);2H,3-4H2,(H,16,17);2-4H,5-6H2,(H,13,14)/t11-,13?;8-;;;;;;;/m11......./s1. The molecule has 1 heterocycles. The molecule has 1 unspecified atom stereocenters. The maximum atomic E-state index is 13.2. The molecule has 8 aromatic carbocycles. The second-order valence-electron chi connectivity index (χ2n) is 28.4. The van der Waals surface area contributed by atoms with Crippen LogP contribution in [0.3, 0.4) is 0 Å². The predicted molar refractivity (Wildman–Crippen MR) is 508 cm³/mol. The third kappa shape index (κ3) is 51.8. The quantitative estimate of drug-likeness (QED) is 0.00674. The lowest BCUT2D eigenvalue weighted by molar-refractivity contribution is -0.123. The number of rotatable bonds is 30. The summed E-state index contributed by atoms with van der Waals surface area (Å²) in [5, 5.41) is 25.3. The summed E-state index contributed by atoms with van der Waals surface area (Å²) < 4.78 is 129. The molecule has 0 fully saturated rings. The molecule has 0 saturated carbocycles. The molecule has 28 nitrogen and oxygen atoms in total. The van der Waals surface area contributed by atoms with Gasteiger partial charge in [-0.2, -0.15) is 0 Å². The highest BCUT2D eigenvalue weighted by molar-refractivity contribution is 6.31. The number of nitrogens with one attached hydrogen (secondary N) is 9. The topological polar surface area (TPSA) is 314 Å². The molecule has 0 aliphatic rings. The van der Waals surface area contributed by atoms with Crippen LogP contribution in [0.1, 0.15) is 95.4 Å². The summed E-state index contributed by atoms with van der Waals surface area (Å²) in [4.78, 5) is 130. The fraction of sp³-hybridized carbons (Fsp3) is 0.268. The molecule has 9 rings (SSSR count). The second-order valence-corrected chi connectivity index (χ2v) is 30.5. The van der Waals surface area contributed by atoms with E-state index < -0.39 is 119 Å². The van der Waals surface area contributed by atoms with Crippen LogP contribution in [0.5, 0.6) is 0 Å². The van der Waals surface area contributed by atoms with E-state index >= 15 is 0 Å². The van der Waals surface area contributed by atoms with Crippen LogP contribution in [0.4, 0.5) is 43.9 Å². The van der Waals surface area contributed by atoms with Gasteiger partial charge in [0, 0.05) is 94.7 Å². The maximum absolute atomic E-state index is 13.2. The van der Waals surface area contributed by atoms with Gasteiger partial charge in [-0.15, -0.1) is 0 Å². The molecule has 3 atom stereocenters. The molecule has 0 aliphatic heterocycles. The molecular formula is C97H90Cl5F10N19O9. The minimum atomic E-state index is -2.26. The zero-order valence-corrected chi connectivity index (χ0v) is 79.1. The Morgan fingerprint density at radius 1 is 0.329 bits per heavy atom. The van der Waals surface area contributed by atoms with Crippen molar-refractivity contribution in [2.24, 2.45) is 5.92 Å². The lowest BCUT2D eigenvalue weighted by atomic mass is 10.0. The lowest BCUT2D eigenvalue weighted by Gasteiger charge is -2.16. The van der Waals surface area contributed by atoms with E-state index in [1.807, 2.05) is 155 Å². The number of pyridine rings is 1. The summed E-state index contributed by atoms with van der Waals surface area (Å²) in [7, 11) is 0. The van der Waals surface area contributed by atoms with Crippen molar-refractivity contribution < 1.29 is 87.1 Å². The third-order valence-corrected chi connectivity index (χ3v) is 18.5. The molecule has 1 aromatic heterocycles. The normalized spacial score (nSPS) is 10.2. The van der Waals surface area contributed by atoms with Crippen molar-refractivity contribution in [1.29, 1.82) is 0 Å². The smallest absolute Gasteiger partial charge is 0.304 e. The Balaban J connectivity index is 0.000000788. The van der Waals surface area contributed by atoms with Gasteiger partial charge in [-0.25, -0.2) is 108 Å². The van der Waals surface area contributed by atoms with E-state index in [-0.39, 0.29) is 99.3 Å². The van der Waals surface area contributed by atoms with Gasteiger partial charge in [0.1, 0.15) is 11.0 Å². The van der Waals surface area contributed by atoms with Crippen molar-refractivity contribution in [2.75, 3.05) is 65.4 Å². The van der Waals surface area contributed by atoms with Crippen LogP contribution in [0.2, 0.25) is 25.2 Å². The van der Waals surface area contributed by atoms with Crippen molar-refractivity contribution in [3.05, 3.63) is 412 Å². The summed E-state index contributed by atoms with van der Waals surface area (Å²) in [6.45, 7) is 67.1. The van der Waals surface area contributed by atoms with E-state index in [2.05, 4.69) is 91.1 Å². The van der Waals surface area contributed by atoms with E-state index in [1.54, 1.807) is 36.5 Å². The Bertz CT molecular complexity index is 5810. The highest BCUT2D eigenvalue weighted by Gasteiger charge is 2.29. The second kappa shape index (κ2) is 70.0. The summed E-state index contributed by atoms with van der Waals surface area (Å²) in [5.74, 6) is -21.2. The summed E-state index contributed by atoms with van der Waals surface area (Å²) in [6, 6.07) is 47.2. The summed E-state index contributed by atoms with van der Waals surface area (Å²) in [6.07, 6.45) is 3.09. The van der Waals surface area contributed by atoms with Gasteiger partial charge in [0.15, 0.2) is 46.5 Å². The first-order valence-electron chi connectivity index (χ1n) is 40.8. The van der Waals surface area contributed by atoms with E-state index in [0.29, 0.717) is 63.1 Å². The molecule has 43 heteroatoms. The largest absolute Gasteiger partial charge is 0.349 e. The first-order valence-corrected chi connectivity index (χ1v) is 42.7. The molecule has 140 heavy (non-hydrogen) atoms. The van der Waals surface area contributed by atoms with Crippen LogP contribution >= 0.6 is 58.0 Å². The predicted octanol–water partition coefficient (Wildman–Crippen LogP) is 17.6. The average Bonchev–Trinajstić information content (AvgIpc) is 0.798. The highest BCUT2D eigenvalue weighted by atomic mass is 35.5. The number of aromatic nitrogens is 1. The Hall–Kier alpha value is -15.7. The van der Waals surface area contributed by atoms with Crippen molar-refractivity contribution in [3.63, 3.8) is 0 Å². The van der Waals surface area contributed by atoms with Crippen LogP contribution in [0.25, 0.3) is 43.6 Å². The molecule has 9 aromatic rings. The number of halogens is 15. The first-order chi connectivity index (χ1) is 66.6. The monoisotopic (exact) mass is 2030 g/mol. The van der Waals surface area contributed by atoms with E-state index in [1.165, 1.54) is 17.7 Å². The molecule has 9 N–H and O–H groups in total. The minimum Gasteiger partial charge on any atom is -0.349 e. The van der Waals surface area contributed by atoms with Crippen molar-refractivity contribution in [2.45, 2.75) is 98.3 Å². The third-order valence-electron chi connectivity index (χ3n) is 17.3. The van der Waals surface area contributed by atoms with E-state index in [0.717, 1.165) is 46.2 Å². The van der Waals surface area contributed by atoms with E-state index in [9.17, 15) is 87.1 Å². The minimum absolute atomic E-state index is 0.0375. The number of nitrogens with zero attached hydrogens (tertiary/aromatic N) is 10. The van der Waals surface area contributed by atoms with E-state index in [4.69, 9.17) is 117 Å². The van der Waals surface area contributed by atoms with Gasteiger partial charge in [0.2, 0.25) is 5.82 Å². The Labute approximate surface area is 827 Å². The number of hydrogen-bond acceptors (Lipinski definition) is 10.